The molecule has 4 heteroatoms. The third kappa shape index (κ3) is 4.15. The largest absolute Gasteiger partial charge is 0.261 e. The molecule has 0 saturated heterocycles. The lowest BCUT2D eigenvalue weighted by Gasteiger charge is -2.09. The van der Waals surface area contributed by atoms with E-state index in [1.54, 1.807) is 12.5 Å². The van der Waals surface area contributed by atoms with Crippen LogP contribution in [0.15, 0.2) is 65.8 Å². The van der Waals surface area contributed by atoms with Gasteiger partial charge in [-0.25, -0.2) is 0 Å². The van der Waals surface area contributed by atoms with Crippen molar-refractivity contribution in [2.75, 3.05) is 6.26 Å². The van der Waals surface area contributed by atoms with Gasteiger partial charge in [-0.2, -0.15) is 0 Å². The Bertz CT molecular complexity index is 812. The molecule has 0 aliphatic carbocycles. The number of aromatic nitrogens is 2. The Labute approximate surface area is 146 Å². The highest BCUT2D eigenvalue weighted by atomic mass is 32.2. The van der Waals surface area contributed by atoms with Gasteiger partial charge in [0.05, 0.1) is 5.69 Å². The Hall–Kier alpha value is -2.33. The fourth-order valence-corrected chi connectivity index (χ4v) is 2.82. The maximum Gasteiger partial charge on any atom is 0.0795 e. The van der Waals surface area contributed by atoms with Crippen molar-refractivity contribution >= 4 is 10.8 Å². The molecule has 0 saturated carbocycles. The predicted octanol–water partition coefficient (Wildman–Crippen LogP) is 4.88. The van der Waals surface area contributed by atoms with Crippen LogP contribution in [0.1, 0.15) is 19.5 Å². The molecule has 0 fully saturated rings. The highest BCUT2D eigenvalue weighted by Crippen LogP contribution is 2.30. The first-order chi connectivity index (χ1) is 11.6. The zero-order chi connectivity index (χ0) is 17.5. The van der Waals surface area contributed by atoms with Gasteiger partial charge in [0, 0.05) is 51.2 Å². The molecule has 0 bridgehead atoms. The van der Waals surface area contributed by atoms with Crippen LogP contribution in [-0.4, -0.2) is 20.4 Å². The summed E-state index contributed by atoms with van der Waals surface area (Å²) < 4.78 is 11.5. The van der Waals surface area contributed by atoms with Gasteiger partial charge in [-0.15, -0.1) is 0 Å². The predicted molar refractivity (Wildman–Crippen MR) is 101 cm³/mol. The first-order valence-corrected chi connectivity index (χ1v) is 9.53. The Kier molecular flexibility index (Phi) is 6.38. The topological polar surface area (TPSA) is 42.9 Å². The molecule has 0 aliphatic heterocycles. The minimum atomic E-state index is -0.963. The van der Waals surface area contributed by atoms with Crippen LogP contribution in [0, 0.1) is 6.92 Å². The standard InChI is InChI=1S/C18H16N2OS.C2H6/c1-13-5-6-15(12-20-13)18-17(4-3-11-19-18)14-7-9-16(10-8-14)22(2)21;1-2/h3-12H,1-2H3;1-2H3. The zero-order valence-electron chi connectivity index (χ0n) is 14.5. The summed E-state index contributed by atoms with van der Waals surface area (Å²) in [6.07, 6.45) is 5.31. The van der Waals surface area contributed by atoms with Crippen molar-refractivity contribution in [3.05, 3.63) is 66.6 Å². The molecular weight excluding hydrogens is 316 g/mol. The Morgan fingerprint density at radius 3 is 2.12 bits per heavy atom. The van der Waals surface area contributed by atoms with Crippen LogP contribution in [-0.2, 0) is 10.8 Å². The summed E-state index contributed by atoms with van der Waals surface area (Å²) in [5, 5.41) is 0. The minimum absolute atomic E-state index is 0.825. The summed E-state index contributed by atoms with van der Waals surface area (Å²) in [5.41, 5.74) is 4.97. The van der Waals surface area contributed by atoms with Crippen LogP contribution < -0.4 is 0 Å². The van der Waals surface area contributed by atoms with Crippen molar-refractivity contribution in [2.24, 2.45) is 0 Å². The lowest BCUT2D eigenvalue weighted by molar-refractivity contribution is 0.687. The van der Waals surface area contributed by atoms with Crippen LogP contribution in [0.5, 0.6) is 0 Å². The SMILES string of the molecule is CC.Cc1ccc(-c2ncccc2-c2ccc(S(C)=O)cc2)cn1. The smallest absolute Gasteiger partial charge is 0.0795 e. The van der Waals surface area contributed by atoms with Crippen LogP contribution >= 0.6 is 0 Å². The molecular formula is C20H22N2OS. The molecule has 2 heterocycles. The number of benzene rings is 1. The van der Waals surface area contributed by atoms with Crippen molar-refractivity contribution < 1.29 is 4.21 Å². The first kappa shape index (κ1) is 18.0. The number of hydrogen-bond donors (Lipinski definition) is 0. The first-order valence-electron chi connectivity index (χ1n) is 7.97. The van der Waals surface area contributed by atoms with E-state index in [4.69, 9.17) is 0 Å². The normalized spacial score (nSPS) is 11.3. The molecule has 1 unspecified atom stereocenters. The molecule has 0 N–H and O–H groups in total. The van der Waals surface area contributed by atoms with E-state index in [-0.39, 0.29) is 0 Å². The number of nitrogens with zero attached hydrogens (tertiary/aromatic N) is 2. The molecule has 0 amide bonds. The van der Waals surface area contributed by atoms with Crippen LogP contribution in [0.4, 0.5) is 0 Å². The van der Waals surface area contributed by atoms with E-state index in [0.717, 1.165) is 33.0 Å². The van der Waals surface area contributed by atoms with Gasteiger partial charge >= 0.3 is 0 Å². The fraction of sp³-hybridized carbons (Fsp3) is 0.200. The quantitative estimate of drug-likeness (QED) is 0.683. The molecule has 0 spiro atoms. The summed E-state index contributed by atoms with van der Waals surface area (Å²) >= 11 is 0. The van der Waals surface area contributed by atoms with Crippen LogP contribution in [0.25, 0.3) is 22.4 Å². The number of rotatable bonds is 3. The second kappa shape index (κ2) is 8.50. The van der Waals surface area contributed by atoms with E-state index in [1.807, 2.05) is 75.5 Å². The molecule has 2 aromatic heterocycles. The average molecular weight is 338 g/mol. The second-order valence-corrected chi connectivity index (χ2v) is 6.45. The van der Waals surface area contributed by atoms with Gasteiger partial charge in [0.25, 0.3) is 0 Å². The molecule has 24 heavy (non-hydrogen) atoms. The number of aryl methyl sites for hydroxylation is 1. The highest BCUT2D eigenvalue weighted by molar-refractivity contribution is 7.84. The lowest BCUT2D eigenvalue weighted by Crippen LogP contribution is -1.91. The van der Waals surface area contributed by atoms with Gasteiger partial charge in [-0.1, -0.05) is 32.0 Å². The van der Waals surface area contributed by atoms with Crippen molar-refractivity contribution in [1.29, 1.82) is 0 Å². The van der Waals surface area contributed by atoms with Gasteiger partial charge in [0.1, 0.15) is 0 Å². The van der Waals surface area contributed by atoms with E-state index < -0.39 is 10.8 Å². The van der Waals surface area contributed by atoms with Gasteiger partial charge in [-0.3, -0.25) is 14.2 Å². The fourth-order valence-electron chi connectivity index (χ4n) is 2.30. The van der Waals surface area contributed by atoms with Crippen molar-refractivity contribution in [3.63, 3.8) is 0 Å². The Morgan fingerprint density at radius 2 is 1.54 bits per heavy atom. The summed E-state index contributed by atoms with van der Waals surface area (Å²) in [4.78, 5) is 9.69. The zero-order valence-corrected chi connectivity index (χ0v) is 15.3. The molecule has 1 atom stereocenters. The third-order valence-electron chi connectivity index (χ3n) is 3.49. The van der Waals surface area contributed by atoms with Crippen molar-refractivity contribution in [2.45, 2.75) is 25.7 Å². The Balaban J connectivity index is 0.00000100. The maximum atomic E-state index is 11.5. The number of pyridine rings is 2. The highest BCUT2D eigenvalue weighted by Gasteiger charge is 2.09. The minimum Gasteiger partial charge on any atom is -0.261 e. The molecule has 0 aliphatic rings. The van der Waals surface area contributed by atoms with E-state index in [0.29, 0.717) is 0 Å². The summed E-state index contributed by atoms with van der Waals surface area (Å²) in [7, 11) is -0.963. The lowest BCUT2D eigenvalue weighted by atomic mass is 10.0. The van der Waals surface area contributed by atoms with Crippen molar-refractivity contribution in [3.8, 4) is 22.4 Å². The molecule has 1 aromatic carbocycles. The average Bonchev–Trinajstić information content (AvgIpc) is 2.64. The summed E-state index contributed by atoms with van der Waals surface area (Å²) in [6.45, 7) is 5.96. The third-order valence-corrected chi connectivity index (χ3v) is 4.43. The Morgan fingerprint density at radius 1 is 0.875 bits per heavy atom. The van der Waals surface area contributed by atoms with Gasteiger partial charge in [0.15, 0.2) is 0 Å². The van der Waals surface area contributed by atoms with Gasteiger partial charge in [-0.05, 0) is 42.8 Å². The van der Waals surface area contributed by atoms with Gasteiger partial charge in [0.2, 0.25) is 0 Å². The van der Waals surface area contributed by atoms with E-state index in [9.17, 15) is 4.21 Å². The van der Waals surface area contributed by atoms with E-state index in [1.165, 1.54) is 0 Å². The molecule has 3 aromatic rings. The van der Waals surface area contributed by atoms with Crippen molar-refractivity contribution in [1.82, 2.24) is 9.97 Å². The van der Waals surface area contributed by atoms with E-state index in [2.05, 4.69) is 9.97 Å². The summed E-state index contributed by atoms with van der Waals surface area (Å²) in [6, 6.07) is 15.7. The summed E-state index contributed by atoms with van der Waals surface area (Å²) in [5.74, 6) is 0. The van der Waals surface area contributed by atoms with Gasteiger partial charge < -0.3 is 0 Å². The van der Waals surface area contributed by atoms with Crippen LogP contribution in [0.2, 0.25) is 0 Å². The van der Waals surface area contributed by atoms with E-state index >= 15 is 0 Å². The monoisotopic (exact) mass is 338 g/mol. The molecule has 3 rings (SSSR count). The molecule has 124 valence electrons. The van der Waals surface area contributed by atoms with Crippen LogP contribution in [0.3, 0.4) is 0 Å². The maximum absolute atomic E-state index is 11.5. The second-order valence-electron chi connectivity index (χ2n) is 5.07. The molecule has 0 radical (unpaired) electrons. The number of hydrogen-bond acceptors (Lipinski definition) is 3. The molecule has 3 nitrogen and oxygen atoms in total.